The Morgan fingerprint density at radius 2 is 1.18 bits per heavy atom. The smallest absolute Gasteiger partial charge is 0.00240 e. The zero-order chi connectivity index (χ0) is 11.4. The maximum absolute atomic E-state index is 4.13. The van der Waals surface area contributed by atoms with Crippen LogP contribution < -0.4 is 0 Å². The maximum atomic E-state index is 4.13. The summed E-state index contributed by atoms with van der Waals surface area (Å²) in [7, 11) is 0. The van der Waals surface area contributed by atoms with Gasteiger partial charge in [-0.1, -0.05) is 54.6 Å². The molecule has 0 amide bonds. The fourth-order valence-corrected chi connectivity index (χ4v) is 2.80. The van der Waals surface area contributed by atoms with Crippen molar-refractivity contribution in [2.45, 2.75) is 0 Å². The minimum absolute atomic E-state index is 1.11. The second-order valence-electron chi connectivity index (χ2n) is 4.58. The summed E-state index contributed by atoms with van der Waals surface area (Å²) in [4.78, 5) is 0. The molecule has 17 heavy (non-hydrogen) atoms. The van der Waals surface area contributed by atoms with E-state index in [9.17, 15) is 0 Å². The molecule has 0 aliphatic carbocycles. The molecule has 0 unspecified atom stereocenters. The van der Waals surface area contributed by atoms with Crippen molar-refractivity contribution in [2.75, 3.05) is 0 Å². The number of hydrogen-bond acceptors (Lipinski definition) is 0. The lowest BCUT2D eigenvalue weighted by Crippen LogP contribution is -1.85. The molecule has 0 nitrogen and oxygen atoms in total. The minimum atomic E-state index is 1.11. The molecule has 79 valence electrons. The summed E-state index contributed by atoms with van der Waals surface area (Å²) in [6.07, 6.45) is 0. The molecule has 0 atom stereocenters. The van der Waals surface area contributed by atoms with Crippen molar-refractivity contribution < 1.29 is 0 Å². The summed E-state index contributed by atoms with van der Waals surface area (Å²) in [5.41, 5.74) is 1.11. The van der Waals surface area contributed by atoms with Crippen molar-refractivity contribution in [2.24, 2.45) is 0 Å². The van der Waals surface area contributed by atoms with Gasteiger partial charge in [0.1, 0.15) is 0 Å². The molecule has 0 saturated carbocycles. The fraction of sp³-hybridized carbons (Fsp3) is 0. The molecule has 0 aliphatic heterocycles. The van der Waals surface area contributed by atoms with Crippen LogP contribution >= 0.6 is 0 Å². The Morgan fingerprint density at radius 1 is 0.588 bits per heavy atom. The van der Waals surface area contributed by atoms with E-state index in [4.69, 9.17) is 0 Å². The summed E-state index contributed by atoms with van der Waals surface area (Å²) >= 11 is 0. The maximum Gasteiger partial charge on any atom is -0.00240 e. The normalized spacial score (nSPS) is 11.8. The van der Waals surface area contributed by atoms with Gasteiger partial charge in [0.15, 0.2) is 0 Å². The Labute approximate surface area is 99.8 Å². The van der Waals surface area contributed by atoms with E-state index in [0.29, 0.717) is 0 Å². The van der Waals surface area contributed by atoms with Gasteiger partial charge in [-0.15, -0.1) is 0 Å². The summed E-state index contributed by atoms with van der Waals surface area (Å²) in [5, 5.41) is 7.92. The predicted molar refractivity (Wildman–Crippen MR) is 74.6 cm³/mol. The highest BCUT2D eigenvalue weighted by Crippen LogP contribution is 2.35. The van der Waals surface area contributed by atoms with Gasteiger partial charge in [-0.2, -0.15) is 0 Å². The standard InChI is InChI=1S/C17H11/c1-11-5-6-14-8-7-12-3-2-4-13-9-10-15(11)17(14)16(12)13/h2-10H,1H2. The van der Waals surface area contributed by atoms with Gasteiger partial charge in [-0.25, -0.2) is 0 Å². The van der Waals surface area contributed by atoms with Crippen LogP contribution in [0.3, 0.4) is 0 Å². The van der Waals surface area contributed by atoms with Crippen molar-refractivity contribution in [1.29, 1.82) is 0 Å². The molecule has 0 heterocycles. The molecular weight excluding hydrogens is 204 g/mol. The zero-order valence-corrected chi connectivity index (χ0v) is 9.40. The topological polar surface area (TPSA) is 0 Å². The molecule has 4 aromatic carbocycles. The lowest BCUT2D eigenvalue weighted by Gasteiger charge is -2.11. The predicted octanol–water partition coefficient (Wildman–Crippen LogP) is 4.77. The van der Waals surface area contributed by atoms with E-state index < -0.39 is 0 Å². The highest BCUT2D eigenvalue weighted by atomic mass is 14.1. The van der Waals surface area contributed by atoms with E-state index in [2.05, 4.69) is 61.5 Å². The van der Waals surface area contributed by atoms with E-state index in [0.717, 1.165) is 5.56 Å². The zero-order valence-electron chi connectivity index (χ0n) is 9.40. The van der Waals surface area contributed by atoms with Gasteiger partial charge in [0, 0.05) is 0 Å². The Balaban J connectivity index is 2.48. The van der Waals surface area contributed by atoms with Gasteiger partial charge in [-0.05, 0) is 44.8 Å². The van der Waals surface area contributed by atoms with Crippen LogP contribution in [-0.2, 0) is 0 Å². The highest BCUT2D eigenvalue weighted by Gasteiger charge is 2.08. The van der Waals surface area contributed by atoms with Crippen molar-refractivity contribution in [3.8, 4) is 0 Å². The molecule has 4 rings (SSSR count). The quantitative estimate of drug-likeness (QED) is 0.371. The van der Waals surface area contributed by atoms with Crippen molar-refractivity contribution in [3.05, 3.63) is 67.1 Å². The van der Waals surface area contributed by atoms with Crippen molar-refractivity contribution in [3.63, 3.8) is 0 Å². The molecule has 0 heteroatoms. The van der Waals surface area contributed by atoms with Gasteiger partial charge >= 0.3 is 0 Å². The van der Waals surface area contributed by atoms with Crippen molar-refractivity contribution in [1.82, 2.24) is 0 Å². The lowest BCUT2D eigenvalue weighted by atomic mass is 9.92. The summed E-state index contributed by atoms with van der Waals surface area (Å²) in [6, 6.07) is 19.5. The Hall–Kier alpha value is -2.08. The van der Waals surface area contributed by atoms with E-state index in [1.165, 1.54) is 32.3 Å². The van der Waals surface area contributed by atoms with Crippen LogP contribution in [-0.4, -0.2) is 0 Å². The molecule has 0 saturated heterocycles. The van der Waals surface area contributed by atoms with E-state index in [1.54, 1.807) is 0 Å². The van der Waals surface area contributed by atoms with Crippen molar-refractivity contribution >= 4 is 32.3 Å². The lowest BCUT2D eigenvalue weighted by molar-refractivity contribution is 1.71. The second kappa shape index (κ2) is 2.98. The molecule has 0 N–H and O–H groups in total. The fourth-order valence-electron chi connectivity index (χ4n) is 2.80. The van der Waals surface area contributed by atoms with Crippen LogP contribution in [0.25, 0.3) is 32.3 Å². The van der Waals surface area contributed by atoms with Crippen LogP contribution in [0.2, 0.25) is 0 Å². The minimum Gasteiger partial charge on any atom is -0.0610 e. The summed E-state index contributed by atoms with van der Waals surface area (Å²) < 4.78 is 0. The molecule has 0 fully saturated rings. The Morgan fingerprint density at radius 3 is 1.94 bits per heavy atom. The first-order chi connectivity index (χ1) is 8.34. The molecular formula is C17H11. The molecule has 0 aliphatic rings. The van der Waals surface area contributed by atoms with Gasteiger partial charge in [-0.3, -0.25) is 0 Å². The van der Waals surface area contributed by atoms with Gasteiger partial charge in [0.05, 0.1) is 0 Å². The van der Waals surface area contributed by atoms with E-state index >= 15 is 0 Å². The van der Waals surface area contributed by atoms with Crippen LogP contribution in [0.15, 0.2) is 54.6 Å². The third kappa shape index (κ3) is 1.07. The molecule has 4 aromatic rings. The van der Waals surface area contributed by atoms with Gasteiger partial charge < -0.3 is 0 Å². The van der Waals surface area contributed by atoms with Gasteiger partial charge in [0.25, 0.3) is 0 Å². The second-order valence-corrected chi connectivity index (χ2v) is 4.58. The van der Waals surface area contributed by atoms with Crippen LogP contribution in [0.5, 0.6) is 0 Å². The number of hydrogen-bond donors (Lipinski definition) is 0. The molecule has 1 radical (unpaired) electrons. The highest BCUT2D eigenvalue weighted by molar-refractivity contribution is 6.23. The third-order valence-corrected chi connectivity index (χ3v) is 3.62. The van der Waals surface area contributed by atoms with Crippen LogP contribution in [0, 0.1) is 6.92 Å². The SMILES string of the molecule is [CH2]c1ccc2ccc3cccc4ccc1c2c34. The Kier molecular flexibility index (Phi) is 1.58. The van der Waals surface area contributed by atoms with E-state index in [1.807, 2.05) is 0 Å². The van der Waals surface area contributed by atoms with E-state index in [-0.39, 0.29) is 0 Å². The summed E-state index contributed by atoms with van der Waals surface area (Å²) in [5.74, 6) is 0. The largest absolute Gasteiger partial charge is 0.0610 e. The number of rotatable bonds is 0. The molecule has 0 bridgehead atoms. The first-order valence-corrected chi connectivity index (χ1v) is 5.83. The monoisotopic (exact) mass is 215 g/mol. The molecule has 0 spiro atoms. The first-order valence-electron chi connectivity index (χ1n) is 5.83. The Bertz CT molecular complexity index is 824. The number of benzene rings is 4. The third-order valence-electron chi connectivity index (χ3n) is 3.62. The van der Waals surface area contributed by atoms with Crippen LogP contribution in [0.1, 0.15) is 5.56 Å². The van der Waals surface area contributed by atoms with Gasteiger partial charge in [0.2, 0.25) is 0 Å². The molecule has 0 aromatic heterocycles. The average Bonchev–Trinajstić information content (AvgIpc) is 2.38. The average molecular weight is 215 g/mol. The summed E-state index contributed by atoms with van der Waals surface area (Å²) in [6.45, 7) is 4.13. The van der Waals surface area contributed by atoms with Crippen LogP contribution in [0.4, 0.5) is 0 Å². The first kappa shape index (κ1) is 9.00.